The Bertz CT molecular complexity index is 1560. The molecule has 10 heteroatoms. The number of carbonyl (C=O) groups is 1. The van der Waals surface area contributed by atoms with E-state index in [2.05, 4.69) is 78.7 Å². The van der Waals surface area contributed by atoms with Crippen molar-refractivity contribution in [1.29, 1.82) is 0 Å². The molecule has 1 aromatic carbocycles. The predicted octanol–water partition coefficient (Wildman–Crippen LogP) is 7.43. The van der Waals surface area contributed by atoms with E-state index in [1.807, 2.05) is 36.9 Å². The summed E-state index contributed by atoms with van der Waals surface area (Å²) in [6, 6.07) is 10.4. The van der Waals surface area contributed by atoms with Gasteiger partial charge in [0.05, 0.1) is 24.0 Å². The van der Waals surface area contributed by atoms with E-state index in [1.54, 1.807) is 11.3 Å². The molecule has 0 radical (unpaired) electrons. The van der Waals surface area contributed by atoms with Crippen LogP contribution in [0.15, 0.2) is 59.1 Å². The summed E-state index contributed by atoms with van der Waals surface area (Å²) in [5, 5.41) is 26.7. The molecule has 0 spiro atoms. The largest absolute Gasteiger partial charge is 0.313 e. The second-order valence-electron chi connectivity index (χ2n) is 12.6. The lowest BCUT2D eigenvalue weighted by atomic mass is 9.82. The number of allylic oxidation sites excluding steroid dienone is 4. The lowest BCUT2D eigenvalue weighted by Gasteiger charge is -2.36. The van der Waals surface area contributed by atoms with E-state index < -0.39 is 5.54 Å². The van der Waals surface area contributed by atoms with Gasteiger partial charge < -0.3 is 5.21 Å². The zero-order chi connectivity index (χ0) is 32.1. The van der Waals surface area contributed by atoms with Crippen LogP contribution in [-0.2, 0) is 23.3 Å². The van der Waals surface area contributed by atoms with Crippen molar-refractivity contribution in [2.24, 2.45) is 10.9 Å². The molecular weight excluding hydrogens is 582 g/mol. The van der Waals surface area contributed by atoms with Gasteiger partial charge in [-0.05, 0) is 68.9 Å². The molecule has 9 nitrogen and oxygen atoms in total. The van der Waals surface area contributed by atoms with Crippen molar-refractivity contribution in [3.63, 3.8) is 0 Å². The lowest BCUT2D eigenvalue weighted by Crippen LogP contribution is -2.47. The maximum atomic E-state index is 14.3. The molecule has 2 aromatic heterocycles. The fourth-order valence-corrected chi connectivity index (χ4v) is 7.98. The van der Waals surface area contributed by atoms with Crippen molar-refractivity contribution < 1.29 is 10.0 Å². The van der Waals surface area contributed by atoms with E-state index in [-0.39, 0.29) is 23.8 Å². The van der Waals surface area contributed by atoms with Crippen molar-refractivity contribution in [2.45, 2.75) is 104 Å². The fraction of sp³-hybridized carbons (Fsp3) is 0.514. The summed E-state index contributed by atoms with van der Waals surface area (Å²) < 4.78 is 0. The number of amidine groups is 1. The van der Waals surface area contributed by atoms with E-state index >= 15 is 0 Å². The average molecular weight is 630 g/mol. The minimum absolute atomic E-state index is 0.0174. The van der Waals surface area contributed by atoms with Gasteiger partial charge in [0.25, 0.3) is 0 Å². The van der Waals surface area contributed by atoms with E-state index in [4.69, 9.17) is 4.99 Å². The Hall–Kier alpha value is -3.47. The van der Waals surface area contributed by atoms with Crippen LogP contribution in [0.5, 0.6) is 0 Å². The number of carbonyl (C=O) groups excluding carboxylic acids is 1. The number of H-pyrrole nitrogens is 1. The minimum Gasteiger partial charge on any atom is -0.313 e. The van der Waals surface area contributed by atoms with E-state index in [1.165, 1.54) is 21.8 Å². The molecule has 0 saturated heterocycles. The van der Waals surface area contributed by atoms with Crippen LogP contribution in [-0.4, -0.2) is 60.1 Å². The Morgan fingerprint density at radius 2 is 2.00 bits per heavy atom. The number of tetrazole rings is 1. The van der Waals surface area contributed by atoms with E-state index in [9.17, 15) is 10.0 Å². The molecule has 2 aliphatic rings. The Balaban J connectivity index is 1.35. The van der Waals surface area contributed by atoms with Gasteiger partial charge in [0.2, 0.25) is 11.7 Å². The van der Waals surface area contributed by atoms with Gasteiger partial charge in [0.1, 0.15) is 5.84 Å². The number of aliphatic imine (C=N–C) groups is 1. The quantitative estimate of drug-likeness (QED) is 0.190. The summed E-state index contributed by atoms with van der Waals surface area (Å²) in [6.07, 6.45) is 12.2. The number of unbranched alkanes of at least 4 members (excludes halogenated alkanes) is 1. The average Bonchev–Trinajstić information content (AvgIpc) is 3.74. The molecule has 0 bridgehead atoms. The van der Waals surface area contributed by atoms with Gasteiger partial charge in [0.15, 0.2) is 0 Å². The van der Waals surface area contributed by atoms with E-state index in [0.717, 1.165) is 53.3 Å². The SMILES string of the molecule is CCCCC1N=C(C)N(Cc2cc(CC)c(C(C)(C)N(O)CC)s2)C(=O)C1CC1=CCC(c2ccccc2-c2nn[nH]n2)C=C1. The number of nitrogens with zero attached hydrogens (tertiary/aromatic N) is 6. The smallest absolute Gasteiger partial charge is 0.233 e. The highest BCUT2D eigenvalue weighted by Gasteiger charge is 2.38. The molecular formula is C35H47N7O2S. The molecule has 0 saturated carbocycles. The molecule has 3 aromatic rings. The molecule has 45 heavy (non-hydrogen) atoms. The van der Waals surface area contributed by atoms with Crippen LogP contribution < -0.4 is 0 Å². The summed E-state index contributed by atoms with van der Waals surface area (Å²) >= 11 is 1.69. The second-order valence-corrected chi connectivity index (χ2v) is 13.8. The lowest BCUT2D eigenvalue weighted by molar-refractivity contribution is -0.161. The van der Waals surface area contributed by atoms with Crippen LogP contribution in [0.4, 0.5) is 0 Å². The summed E-state index contributed by atoms with van der Waals surface area (Å²) in [5.74, 6) is 1.56. The zero-order valence-corrected chi connectivity index (χ0v) is 28.3. The second kappa shape index (κ2) is 14.3. The van der Waals surface area contributed by atoms with Gasteiger partial charge in [-0.3, -0.25) is 14.7 Å². The number of hydrogen-bond acceptors (Lipinski definition) is 8. The van der Waals surface area contributed by atoms with Crippen LogP contribution in [0.25, 0.3) is 11.4 Å². The van der Waals surface area contributed by atoms with Crippen molar-refractivity contribution in [2.75, 3.05) is 6.54 Å². The highest BCUT2D eigenvalue weighted by atomic mass is 32.1. The third-order valence-corrected chi connectivity index (χ3v) is 10.8. The van der Waals surface area contributed by atoms with Gasteiger partial charge in [0, 0.05) is 27.8 Å². The number of aromatic amines is 1. The third kappa shape index (κ3) is 7.03. The molecule has 1 aliphatic heterocycles. The molecule has 5 rings (SSSR count). The molecule has 3 atom stereocenters. The molecule has 3 unspecified atom stereocenters. The van der Waals surface area contributed by atoms with Gasteiger partial charge in [-0.1, -0.05) is 81.7 Å². The van der Waals surface area contributed by atoms with Gasteiger partial charge >= 0.3 is 0 Å². The number of rotatable bonds is 13. The third-order valence-electron chi connectivity index (χ3n) is 9.28. The summed E-state index contributed by atoms with van der Waals surface area (Å²) in [7, 11) is 0. The van der Waals surface area contributed by atoms with Crippen LogP contribution in [0.3, 0.4) is 0 Å². The molecule has 1 amide bonds. The van der Waals surface area contributed by atoms with Crippen LogP contribution in [0.1, 0.15) is 100 Å². The number of hydrogen-bond donors (Lipinski definition) is 2. The number of benzene rings is 1. The Morgan fingerprint density at radius 3 is 2.67 bits per heavy atom. The molecule has 240 valence electrons. The van der Waals surface area contributed by atoms with Crippen LogP contribution >= 0.6 is 11.3 Å². The molecule has 2 N–H and O–H groups in total. The van der Waals surface area contributed by atoms with E-state index in [0.29, 0.717) is 25.3 Å². The van der Waals surface area contributed by atoms with Crippen molar-refractivity contribution >= 4 is 23.1 Å². The predicted molar refractivity (Wildman–Crippen MR) is 180 cm³/mol. The van der Waals surface area contributed by atoms with Crippen molar-refractivity contribution in [3.8, 4) is 11.4 Å². The minimum atomic E-state index is -0.504. The molecule has 3 heterocycles. The first kappa shape index (κ1) is 32.9. The number of aryl methyl sites for hydroxylation is 1. The van der Waals surface area contributed by atoms with Gasteiger partial charge in [-0.25, -0.2) is 0 Å². The summed E-state index contributed by atoms with van der Waals surface area (Å²) in [5.41, 5.74) is 4.05. The highest BCUT2D eigenvalue weighted by Crippen LogP contribution is 2.39. The maximum absolute atomic E-state index is 14.3. The number of aromatic nitrogens is 4. The Morgan fingerprint density at radius 1 is 1.20 bits per heavy atom. The molecule has 1 aliphatic carbocycles. The zero-order valence-electron chi connectivity index (χ0n) is 27.5. The summed E-state index contributed by atoms with van der Waals surface area (Å²) in [4.78, 5) is 23.6. The first-order valence-electron chi connectivity index (χ1n) is 16.3. The monoisotopic (exact) mass is 629 g/mol. The Labute approximate surface area is 271 Å². The maximum Gasteiger partial charge on any atom is 0.233 e. The van der Waals surface area contributed by atoms with Gasteiger partial charge in [-0.2, -0.15) is 10.3 Å². The topological polar surface area (TPSA) is 111 Å². The number of nitrogens with one attached hydrogen (secondary N) is 1. The first-order chi connectivity index (χ1) is 21.7. The summed E-state index contributed by atoms with van der Waals surface area (Å²) in [6.45, 7) is 13.4. The number of amides is 1. The fourth-order valence-electron chi connectivity index (χ4n) is 6.63. The highest BCUT2D eigenvalue weighted by molar-refractivity contribution is 7.12. The van der Waals surface area contributed by atoms with Crippen LogP contribution in [0.2, 0.25) is 0 Å². The van der Waals surface area contributed by atoms with Crippen molar-refractivity contribution in [3.05, 3.63) is 75.0 Å². The Kier molecular flexibility index (Phi) is 10.5. The standard InChI is InChI=1S/C35H47N7O2S/c1-7-10-15-31-30(20-24-16-18-26(19-17-24)28-13-11-12-14-29(28)33-37-39-40-38-33)34(43)41(23(4)36-31)22-27-21-25(8-2)32(45-27)35(5,6)42(44)9-3/h11-14,16-18,21,26,30-31,44H,7-10,15,19-20,22H2,1-6H3,(H,37,38,39,40). The molecule has 0 fully saturated rings. The number of hydroxylamine groups is 2. The van der Waals surface area contributed by atoms with Crippen LogP contribution in [0, 0.1) is 5.92 Å². The first-order valence-corrected chi connectivity index (χ1v) is 17.1. The normalized spacial score (nSPS) is 20.6. The number of thiophene rings is 1. The van der Waals surface area contributed by atoms with Crippen molar-refractivity contribution in [1.82, 2.24) is 30.6 Å². The van der Waals surface area contributed by atoms with Gasteiger partial charge in [-0.15, -0.1) is 21.5 Å².